The number of hydrogen-bond acceptors (Lipinski definition) is 5. The third kappa shape index (κ3) is 3.01. The minimum atomic E-state index is -0.0882. The number of benzene rings is 1. The minimum absolute atomic E-state index is 0.0882. The van der Waals surface area contributed by atoms with Crippen LogP contribution in [0.15, 0.2) is 40.5 Å². The third-order valence-corrected chi connectivity index (χ3v) is 4.41. The monoisotopic (exact) mass is 300 g/mol. The fraction of sp³-hybridized carbons (Fsp3) is 0.267. The van der Waals surface area contributed by atoms with Crippen LogP contribution in [0, 0.1) is 6.92 Å². The molecule has 108 valence electrons. The van der Waals surface area contributed by atoms with Crippen LogP contribution in [0.3, 0.4) is 0 Å². The van der Waals surface area contributed by atoms with E-state index in [-0.39, 0.29) is 5.56 Å². The lowest BCUT2D eigenvalue weighted by Gasteiger charge is -2.06. The molecule has 0 unspecified atom stereocenters. The molecule has 2 heterocycles. The van der Waals surface area contributed by atoms with Crippen molar-refractivity contribution in [1.82, 2.24) is 20.3 Å². The van der Waals surface area contributed by atoms with E-state index in [1.165, 1.54) is 15.1 Å². The van der Waals surface area contributed by atoms with Gasteiger partial charge in [-0.05, 0) is 36.1 Å². The zero-order chi connectivity index (χ0) is 14.7. The molecule has 0 aliphatic heterocycles. The molecule has 0 radical (unpaired) electrons. The first-order chi connectivity index (χ1) is 10.3. The largest absolute Gasteiger partial charge is 0.310 e. The van der Waals surface area contributed by atoms with Gasteiger partial charge in [-0.1, -0.05) is 17.3 Å². The Hall–Kier alpha value is -2.05. The highest BCUT2D eigenvalue weighted by molar-refractivity contribution is 7.10. The highest BCUT2D eigenvalue weighted by Gasteiger charge is 2.04. The molecule has 3 rings (SSSR count). The van der Waals surface area contributed by atoms with Crippen molar-refractivity contribution in [3.63, 3.8) is 0 Å². The molecule has 0 spiro atoms. The molecule has 3 aromatic rings. The highest BCUT2D eigenvalue weighted by atomic mass is 32.1. The van der Waals surface area contributed by atoms with Gasteiger partial charge in [0.25, 0.3) is 5.56 Å². The van der Waals surface area contributed by atoms with E-state index >= 15 is 0 Å². The summed E-state index contributed by atoms with van der Waals surface area (Å²) in [4.78, 5) is 13.6. The second-order valence-corrected chi connectivity index (χ2v) is 5.84. The molecule has 0 saturated carbocycles. The van der Waals surface area contributed by atoms with Gasteiger partial charge in [0.05, 0.1) is 11.9 Å². The predicted octanol–water partition coefficient (Wildman–Crippen LogP) is 1.95. The Balaban J connectivity index is 1.64. The second kappa shape index (κ2) is 6.15. The Bertz CT molecular complexity index is 809. The van der Waals surface area contributed by atoms with E-state index in [0.29, 0.717) is 24.0 Å². The van der Waals surface area contributed by atoms with E-state index in [2.05, 4.69) is 34.0 Å². The van der Waals surface area contributed by atoms with Gasteiger partial charge in [-0.2, -0.15) is 0 Å². The van der Waals surface area contributed by atoms with Gasteiger partial charge >= 0.3 is 0 Å². The lowest BCUT2D eigenvalue weighted by atomic mass is 10.2. The third-order valence-electron chi connectivity index (χ3n) is 3.38. The van der Waals surface area contributed by atoms with Crippen LogP contribution in [0.2, 0.25) is 0 Å². The Morgan fingerprint density at radius 3 is 2.95 bits per heavy atom. The van der Waals surface area contributed by atoms with E-state index < -0.39 is 0 Å². The minimum Gasteiger partial charge on any atom is -0.310 e. The van der Waals surface area contributed by atoms with Crippen LogP contribution in [0.1, 0.15) is 10.4 Å². The number of rotatable bonds is 5. The van der Waals surface area contributed by atoms with Crippen LogP contribution in [0.4, 0.5) is 0 Å². The number of fused-ring (bicyclic) bond motifs is 1. The smallest absolute Gasteiger partial charge is 0.277 e. The summed E-state index contributed by atoms with van der Waals surface area (Å²) in [5.41, 5.74) is 1.85. The van der Waals surface area contributed by atoms with E-state index in [9.17, 15) is 4.79 Å². The van der Waals surface area contributed by atoms with Crippen LogP contribution >= 0.6 is 11.3 Å². The van der Waals surface area contributed by atoms with Crippen LogP contribution in [-0.2, 0) is 13.1 Å². The second-order valence-electron chi connectivity index (χ2n) is 4.84. The average molecular weight is 300 g/mol. The van der Waals surface area contributed by atoms with Gasteiger partial charge in [-0.15, -0.1) is 16.4 Å². The summed E-state index contributed by atoms with van der Waals surface area (Å²) in [5.74, 6) is 0. The number of hydrogen-bond donors (Lipinski definition) is 1. The van der Waals surface area contributed by atoms with E-state index in [1.807, 2.05) is 12.1 Å². The highest BCUT2D eigenvalue weighted by Crippen LogP contribution is 2.14. The summed E-state index contributed by atoms with van der Waals surface area (Å²) >= 11 is 1.74. The SMILES string of the molecule is Cc1ccsc1CNCCn1nnc2ccccc2c1=O. The van der Waals surface area contributed by atoms with Crippen molar-refractivity contribution in [3.05, 3.63) is 56.5 Å². The number of thiophene rings is 1. The van der Waals surface area contributed by atoms with Crippen molar-refractivity contribution in [2.24, 2.45) is 0 Å². The fourth-order valence-corrected chi connectivity index (χ4v) is 3.02. The fourth-order valence-electron chi connectivity index (χ4n) is 2.14. The normalized spacial score (nSPS) is 11.1. The summed E-state index contributed by atoms with van der Waals surface area (Å²) in [6.07, 6.45) is 0. The maximum atomic E-state index is 12.2. The van der Waals surface area contributed by atoms with Crippen LogP contribution in [0.25, 0.3) is 10.9 Å². The molecule has 1 aromatic carbocycles. The molecule has 0 aliphatic carbocycles. The van der Waals surface area contributed by atoms with E-state index in [1.54, 1.807) is 23.5 Å². The van der Waals surface area contributed by atoms with Gasteiger partial charge in [0, 0.05) is 18.0 Å². The van der Waals surface area contributed by atoms with Crippen molar-refractivity contribution >= 4 is 22.2 Å². The maximum absolute atomic E-state index is 12.2. The summed E-state index contributed by atoms with van der Waals surface area (Å²) < 4.78 is 1.41. The molecular weight excluding hydrogens is 284 g/mol. The van der Waals surface area contributed by atoms with Crippen molar-refractivity contribution in [1.29, 1.82) is 0 Å². The molecule has 2 aromatic heterocycles. The molecule has 0 aliphatic rings. The van der Waals surface area contributed by atoms with E-state index in [4.69, 9.17) is 0 Å². The summed E-state index contributed by atoms with van der Waals surface area (Å²) in [5, 5.41) is 14.1. The molecule has 0 fully saturated rings. The maximum Gasteiger partial charge on any atom is 0.277 e. The molecule has 6 heteroatoms. The summed E-state index contributed by atoms with van der Waals surface area (Å²) in [6, 6.07) is 9.39. The quantitative estimate of drug-likeness (QED) is 0.732. The molecule has 0 amide bonds. The number of nitrogens with zero attached hydrogens (tertiary/aromatic N) is 3. The predicted molar refractivity (Wildman–Crippen MR) is 84.6 cm³/mol. The van der Waals surface area contributed by atoms with Crippen LogP contribution in [-0.4, -0.2) is 21.5 Å². The lowest BCUT2D eigenvalue weighted by Crippen LogP contribution is -2.29. The zero-order valence-corrected chi connectivity index (χ0v) is 12.6. The van der Waals surface area contributed by atoms with Crippen molar-refractivity contribution in [3.8, 4) is 0 Å². The van der Waals surface area contributed by atoms with Gasteiger partial charge in [0.2, 0.25) is 0 Å². The first-order valence-electron chi connectivity index (χ1n) is 6.82. The molecule has 0 atom stereocenters. The first-order valence-corrected chi connectivity index (χ1v) is 7.70. The van der Waals surface area contributed by atoms with Crippen LogP contribution < -0.4 is 10.9 Å². The lowest BCUT2D eigenvalue weighted by molar-refractivity contribution is 0.514. The Labute approximate surface area is 126 Å². The molecule has 0 saturated heterocycles. The van der Waals surface area contributed by atoms with Crippen molar-refractivity contribution in [2.45, 2.75) is 20.0 Å². The molecule has 21 heavy (non-hydrogen) atoms. The van der Waals surface area contributed by atoms with Crippen molar-refractivity contribution < 1.29 is 0 Å². The van der Waals surface area contributed by atoms with Gasteiger partial charge in [0.15, 0.2) is 0 Å². The van der Waals surface area contributed by atoms with Gasteiger partial charge in [-0.3, -0.25) is 4.79 Å². The van der Waals surface area contributed by atoms with E-state index in [0.717, 1.165) is 6.54 Å². The number of aryl methyl sites for hydroxylation is 1. The summed E-state index contributed by atoms with van der Waals surface area (Å²) in [6.45, 7) is 4.12. The standard InChI is InChI=1S/C15H16N4OS/c1-11-6-9-21-14(11)10-16-7-8-19-15(20)12-4-2-3-5-13(12)17-18-19/h2-6,9,16H,7-8,10H2,1H3. The first kappa shape index (κ1) is 13.9. The topological polar surface area (TPSA) is 59.8 Å². The Morgan fingerprint density at radius 2 is 2.14 bits per heavy atom. The molecule has 5 nitrogen and oxygen atoms in total. The Morgan fingerprint density at radius 1 is 1.29 bits per heavy atom. The zero-order valence-electron chi connectivity index (χ0n) is 11.7. The number of nitrogens with one attached hydrogen (secondary N) is 1. The van der Waals surface area contributed by atoms with Gasteiger partial charge < -0.3 is 5.32 Å². The number of aromatic nitrogens is 3. The average Bonchev–Trinajstić information content (AvgIpc) is 2.91. The molecular formula is C15H16N4OS. The van der Waals surface area contributed by atoms with Crippen molar-refractivity contribution in [2.75, 3.05) is 6.54 Å². The summed E-state index contributed by atoms with van der Waals surface area (Å²) in [7, 11) is 0. The Kier molecular flexibility index (Phi) is 4.08. The van der Waals surface area contributed by atoms with Gasteiger partial charge in [-0.25, -0.2) is 4.68 Å². The molecule has 0 bridgehead atoms. The van der Waals surface area contributed by atoms with Crippen LogP contribution in [0.5, 0.6) is 0 Å². The molecule has 1 N–H and O–H groups in total. The van der Waals surface area contributed by atoms with Gasteiger partial charge in [0.1, 0.15) is 5.52 Å².